The molecule has 0 unspecified atom stereocenters. The third kappa shape index (κ3) is 3.81. The number of amides is 4. The summed E-state index contributed by atoms with van der Waals surface area (Å²) in [5.41, 5.74) is -3.27. The van der Waals surface area contributed by atoms with Crippen molar-refractivity contribution in [1.29, 1.82) is 0 Å². The van der Waals surface area contributed by atoms with Crippen molar-refractivity contribution < 1.29 is 27.6 Å². The maximum absolute atomic E-state index is 13.3. The Morgan fingerprint density at radius 2 is 1.92 bits per heavy atom. The van der Waals surface area contributed by atoms with Gasteiger partial charge in [-0.05, 0) is 25.0 Å². The van der Waals surface area contributed by atoms with Gasteiger partial charge in [-0.25, -0.2) is 4.79 Å². The zero-order valence-corrected chi connectivity index (χ0v) is 14.4. The van der Waals surface area contributed by atoms with Crippen LogP contribution in [0.25, 0.3) is 0 Å². The Bertz CT molecular complexity index is 721. The van der Waals surface area contributed by atoms with Gasteiger partial charge in [0, 0.05) is 6.54 Å². The first-order valence-electron chi connectivity index (χ1n) is 8.18. The molecule has 1 fully saturated rings. The topological polar surface area (TPSA) is 78.5 Å². The average molecular weight is 371 g/mol. The zero-order valence-electron chi connectivity index (χ0n) is 14.4. The number of hydrogen-bond acceptors (Lipinski definition) is 3. The molecule has 6 nitrogen and oxygen atoms in total. The van der Waals surface area contributed by atoms with Gasteiger partial charge in [-0.2, -0.15) is 13.2 Å². The molecule has 142 valence electrons. The number of benzene rings is 1. The smallest absolute Gasteiger partial charge is 0.355 e. The third-order valence-electron chi connectivity index (χ3n) is 4.20. The number of halogens is 3. The largest absolute Gasteiger partial charge is 0.416 e. The molecular weight excluding hydrogens is 351 g/mol. The van der Waals surface area contributed by atoms with Crippen molar-refractivity contribution in [2.45, 2.75) is 38.4 Å². The van der Waals surface area contributed by atoms with E-state index in [0.29, 0.717) is 11.4 Å². The minimum atomic E-state index is -4.68. The number of carbonyl (C=O) groups excluding carboxylic acids is 3. The highest BCUT2D eigenvalue weighted by Gasteiger charge is 2.52. The second-order valence-electron chi connectivity index (χ2n) is 6.19. The van der Waals surface area contributed by atoms with Crippen molar-refractivity contribution in [2.24, 2.45) is 0 Å². The van der Waals surface area contributed by atoms with E-state index in [1.807, 2.05) is 6.92 Å². The summed E-state index contributed by atoms with van der Waals surface area (Å²) in [5.74, 6) is -1.44. The molecule has 0 saturated carbocycles. The van der Waals surface area contributed by atoms with Gasteiger partial charge in [0.25, 0.3) is 5.91 Å². The standard InChI is InChI=1S/C17H20F3N3O3/c1-3-4-9-21-13(24)10-23-14(25)16(2,22-15(23)26)11-7-5-6-8-12(11)17(18,19)20/h5-8H,3-4,9-10H2,1-2H3,(H,21,24)(H,22,26)/t16-/m1/s1. The number of unbranched alkanes of at least 4 members (excludes halogenated alkanes) is 1. The van der Waals surface area contributed by atoms with Gasteiger partial charge in [0.1, 0.15) is 12.1 Å². The summed E-state index contributed by atoms with van der Waals surface area (Å²) in [5, 5.41) is 4.85. The molecule has 1 aliphatic heterocycles. The number of rotatable bonds is 6. The maximum Gasteiger partial charge on any atom is 0.416 e. The van der Waals surface area contributed by atoms with E-state index in [-0.39, 0.29) is 5.56 Å². The lowest BCUT2D eigenvalue weighted by atomic mass is 9.87. The van der Waals surface area contributed by atoms with Crippen molar-refractivity contribution >= 4 is 17.8 Å². The van der Waals surface area contributed by atoms with Crippen LogP contribution in [0.15, 0.2) is 24.3 Å². The molecule has 1 heterocycles. The average Bonchev–Trinajstić information content (AvgIpc) is 2.78. The molecule has 0 radical (unpaired) electrons. The molecule has 4 amide bonds. The Balaban J connectivity index is 2.26. The third-order valence-corrected chi connectivity index (χ3v) is 4.20. The molecule has 1 aromatic carbocycles. The van der Waals surface area contributed by atoms with Gasteiger partial charge in [-0.3, -0.25) is 14.5 Å². The van der Waals surface area contributed by atoms with Crippen LogP contribution in [0.1, 0.15) is 37.8 Å². The SMILES string of the molecule is CCCCNC(=O)CN1C(=O)N[C@](C)(c2ccccc2C(F)(F)F)C1=O. The number of nitrogens with one attached hydrogen (secondary N) is 2. The van der Waals surface area contributed by atoms with Crippen LogP contribution in [0, 0.1) is 0 Å². The summed E-state index contributed by atoms with van der Waals surface area (Å²) in [4.78, 5) is 37.3. The monoisotopic (exact) mass is 371 g/mol. The lowest BCUT2D eigenvalue weighted by Crippen LogP contribution is -2.44. The number of urea groups is 1. The van der Waals surface area contributed by atoms with Crippen LogP contribution in [0.2, 0.25) is 0 Å². The van der Waals surface area contributed by atoms with E-state index in [1.54, 1.807) is 0 Å². The Morgan fingerprint density at radius 3 is 2.54 bits per heavy atom. The highest BCUT2D eigenvalue weighted by atomic mass is 19.4. The fourth-order valence-corrected chi connectivity index (χ4v) is 2.79. The van der Waals surface area contributed by atoms with Crippen LogP contribution in [0.4, 0.5) is 18.0 Å². The van der Waals surface area contributed by atoms with E-state index in [1.165, 1.54) is 19.1 Å². The number of imide groups is 1. The first-order valence-corrected chi connectivity index (χ1v) is 8.18. The van der Waals surface area contributed by atoms with Crippen LogP contribution in [0.5, 0.6) is 0 Å². The molecule has 1 atom stereocenters. The molecule has 0 bridgehead atoms. The first kappa shape index (κ1) is 19.7. The van der Waals surface area contributed by atoms with Crippen molar-refractivity contribution in [3.05, 3.63) is 35.4 Å². The lowest BCUT2D eigenvalue weighted by Gasteiger charge is -2.25. The molecule has 1 aliphatic rings. The van der Waals surface area contributed by atoms with Gasteiger partial charge in [-0.1, -0.05) is 31.5 Å². The van der Waals surface area contributed by atoms with E-state index >= 15 is 0 Å². The van der Waals surface area contributed by atoms with E-state index in [0.717, 1.165) is 25.0 Å². The summed E-state index contributed by atoms with van der Waals surface area (Å²) in [6.07, 6.45) is -3.09. The Morgan fingerprint density at radius 1 is 1.27 bits per heavy atom. The Labute approximate surface area is 148 Å². The molecule has 0 aliphatic carbocycles. The molecule has 0 aromatic heterocycles. The van der Waals surface area contributed by atoms with Crippen molar-refractivity contribution in [1.82, 2.24) is 15.5 Å². The molecule has 2 N–H and O–H groups in total. The van der Waals surface area contributed by atoms with Gasteiger partial charge >= 0.3 is 12.2 Å². The number of carbonyl (C=O) groups is 3. The Hall–Kier alpha value is -2.58. The molecule has 0 spiro atoms. The van der Waals surface area contributed by atoms with Gasteiger partial charge in [-0.15, -0.1) is 0 Å². The number of alkyl halides is 3. The van der Waals surface area contributed by atoms with Gasteiger partial charge in [0.05, 0.1) is 5.56 Å². The minimum Gasteiger partial charge on any atom is -0.355 e. The summed E-state index contributed by atoms with van der Waals surface area (Å²) < 4.78 is 39.8. The molecule has 9 heteroatoms. The van der Waals surface area contributed by atoms with E-state index in [2.05, 4.69) is 10.6 Å². The molecule has 1 aromatic rings. The number of nitrogens with zero attached hydrogens (tertiary/aromatic N) is 1. The summed E-state index contributed by atoms with van der Waals surface area (Å²) >= 11 is 0. The van der Waals surface area contributed by atoms with E-state index in [9.17, 15) is 27.6 Å². The second kappa shape index (κ2) is 7.35. The van der Waals surface area contributed by atoms with Gasteiger partial charge in [0.15, 0.2) is 0 Å². The maximum atomic E-state index is 13.3. The minimum absolute atomic E-state index is 0.361. The summed E-state index contributed by atoms with van der Waals surface area (Å²) in [6.45, 7) is 2.99. The van der Waals surface area contributed by atoms with Crippen LogP contribution in [0.3, 0.4) is 0 Å². The van der Waals surface area contributed by atoms with Crippen molar-refractivity contribution in [2.75, 3.05) is 13.1 Å². The van der Waals surface area contributed by atoms with Crippen LogP contribution in [-0.2, 0) is 21.3 Å². The predicted molar refractivity (Wildman–Crippen MR) is 87.0 cm³/mol. The highest BCUT2D eigenvalue weighted by Crippen LogP contribution is 2.39. The highest BCUT2D eigenvalue weighted by molar-refractivity contribution is 6.09. The lowest BCUT2D eigenvalue weighted by molar-refractivity contribution is -0.140. The van der Waals surface area contributed by atoms with Crippen LogP contribution >= 0.6 is 0 Å². The second-order valence-corrected chi connectivity index (χ2v) is 6.19. The first-order chi connectivity index (χ1) is 12.1. The molecule has 2 rings (SSSR count). The number of hydrogen-bond donors (Lipinski definition) is 2. The van der Waals surface area contributed by atoms with E-state index < -0.39 is 41.7 Å². The fraction of sp³-hybridized carbons (Fsp3) is 0.471. The molecule has 26 heavy (non-hydrogen) atoms. The van der Waals surface area contributed by atoms with Gasteiger partial charge < -0.3 is 10.6 Å². The predicted octanol–water partition coefficient (Wildman–Crippen LogP) is 2.39. The normalized spacial score (nSPS) is 20.3. The fourth-order valence-electron chi connectivity index (χ4n) is 2.79. The Kier molecular flexibility index (Phi) is 5.58. The van der Waals surface area contributed by atoms with Crippen molar-refractivity contribution in [3.8, 4) is 0 Å². The van der Waals surface area contributed by atoms with Gasteiger partial charge in [0.2, 0.25) is 5.91 Å². The van der Waals surface area contributed by atoms with Crippen molar-refractivity contribution in [3.63, 3.8) is 0 Å². The zero-order chi connectivity index (χ0) is 19.5. The molecular formula is C17H20F3N3O3. The van der Waals surface area contributed by atoms with Crippen LogP contribution in [-0.4, -0.2) is 35.8 Å². The van der Waals surface area contributed by atoms with E-state index in [4.69, 9.17) is 0 Å². The summed E-state index contributed by atoms with van der Waals surface area (Å²) in [7, 11) is 0. The van der Waals surface area contributed by atoms with Crippen LogP contribution < -0.4 is 10.6 Å². The summed E-state index contributed by atoms with van der Waals surface area (Å²) in [6, 6.07) is 3.65. The quantitative estimate of drug-likeness (QED) is 0.595. The molecule has 1 saturated heterocycles.